The Morgan fingerprint density at radius 2 is 1.73 bits per heavy atom. The van der Waals surface area contributed by atoms with Crippen LogP contribution < -0.4 is 11.5 Å². The first kappa shape index (κ1) is 15.9. The van der Waals surface area contributed by atoms with Crippen LogP contribution in [0.4, 0.5) is 17.5 Å². The number of anilines is 2. The zero-order chi connectivity index (χ0) is 18.4. The molecule has 0 aliphatic heterocycles. The van der Waals surface area contributed by atoms with Crippen LogP contribution in [0.1, 0.15) is 28.9 Å². The van der Waals surface area contributed by atoms with E-state index in [4.69, 9.17) is 11.5 Å². The van der Waals surface area contributed by atoms with E-state index in [1.807, 2.05) is 0 Å². The lowest BCUT2D eigenvalue weighted by Crippen LogP contribution is -2.16. The highest BCUT2D eigenvalue weighted by Gasteiger charge is 2.27. The molecule has 4 rings (SSSR count). The lowest BCUT2D eigenvalue weighted by molar-refractivity contribution is -0.384. The fourth-order valence-electron chi connectivity index (χ4n) is 3.32. The predicted molar refractivity (Wildman–Crippen MR) is 95.5 cm³/mol. The lowest BCUT2D eigenvalue weighted by Gasteiger charge is -2.20. The maximum Gasteiger partial charge on any atom is 0.269 e. The van der Waals surface area contributed by atoms with Gasteiger partial charge < -0.3 is 11.5 Å². The number of hydrogen-bond donors (Lipinski definition) is 2. The number of benzene rings is 1. The van der Waals surface area contributed by atoms with Crippen molar-refractivity contribution in [3.63, 3.8) is 0 Å². The van der Waals surface area contributed by atoms with Crippen molar-refractivity contribution in [3.8, 4) is 11.1 Å². The fraction of sp³-hybridized carbons (Fsp3) is 0.176. The van der Waals surface area contributed by atoms with Crippen LogP contribution in [-0.4, -0.2) is 25.7 Å². The molecule has 0 bridgehead atoms. The largest absolute Gasteiger partial charge is 0.383 e. The van der Waals surface area contributed by atoms with Gasteiger partial charge in [0.2, 0.25) is 5.95 Å². The summed E-state index contributed by atoms with van der Waals surface area (Å²) in [5, 5.41) is 11.4. The standard InChI is InChI=1S/C17H14N6O3/c18-15-14-12(8-4-6-9(7-5-8)23(25)26)13-10(2-1-3-11(13)24)20-16(14)22-17(19)21-15/h4-7H,1-3H2,(H4,18,19,20,21,22). The number of carbonyl (C=O) groups excluding carboxylic acids is 1. The molecule has 1 aliphatic carbocycles. The summed E-state index contributed by atoms with van der Waals surface area (Å²) in [7, 11) is 0. The summed E-state index contributed by atoms with van der Waals surface area (Å²) in [6, 6.07) is 5.95. The maximum absolute atomic E-state index is 12.6. The molecular weight excluding hydrogens is 336 g/mol. The monoisotopic (exact) mass is 350 g/mol. The minimum atomic E-state index is -0.479. The second-order valence-electron chi connectivity index (χ2n) is 6.05. The lowest BCUT2D eigenvalue weighted by atomic mass is 9.86. The number of nitrogens with zero attached hydrogens (tertiary/aromatic N) is 4. The zero-order valence-corrected chi connectivity index (χ0v) is 13.6. The molecule has 4 N–H and O–H groups in total. The van der Waals surface area contributed by atoms with Crippen LogP contribution in [0, 0.1) is 10.1 Å². The highest BCUT2D eigenvalue weighted by atomic mass is 16.6. The van der Waals surface area contributed by atoms with Crippen molar-refractivity contribution in [2.75, 3.05) is 11.5 Å². The number of ketones is 1. The van der Waals surface area contributed by atoms with Gasteiger partial charge in [-0.15, -0.1) is 0 Å². The Hall–Kier alpha value is -3.62. The smallest absolute Gasteiger partial charge is 0.269 e. The van der Waals surface area contributed by atoms with E-state index in [9.17, 15) is 14.9 Å². The molecule has 130 valence electrons. The van der Waals surface area contributed by atoms with Crippen LogP contribution in [0.3, 0.4) is 0 Å². The van der Waals surface area contributed by atoms with Gasteiger partial charge in [0.15, 0.2) is 11.4 Å². The average molecular weight is 350 g/mol. The Kier molecular flexibility index (Phi) is 3.50. The first-order valence-electron chi connectivity index (χ1n) is 7.99. The van der Waals surface area contributed by atoms with Crippen LogP contribution in [0.5, 0.6) is 0 Å². The van der Waals surface area contributed by atoms with Gasteiger partial charge in [-0.2, -0.15) is 9.97 Å². The molecule has 0 spiro atoms. The molecule has 0 unspecified atom stereocenters. The molecule has 0 radical (unpaired) electrons. The Morgan fingerprint density at radius 1 is 1.00 bits per heavy atom. The molecule has 0 atom stereocenters. The molecule has 2 aromatic heterocycles. The Morgan fingerprint density at radius 3 is 2.42 bits per heavy atom. The number of Topliss-reactive ketones (excluding diaryl/α,β-unsaturated/α-hetero) is 1. The summed E-state index contributed by atoms with van der Waals surface area (Å²) in [6.07, 6.45) is 1.76. The number of fused-ring (bicyclic) bond motifs is 2. The van der Waals surface area contributed by atoms with E-state index < -0.39 is 4.92 Å². The van der Waals surface area contributed by atoms with Crippen molar-refractivity contribution in [2.45, 2.75) is 19.3 Å². The summed E-state index contributed by atoms with van der Waals surface area (Å²) in [5.74, 6) is 0.0824. The molecule has 9 nitrogen and oxygen atoms in total. The predicted octanol–water partition coefficient (Wildman–Crippen LogP) is 2.28. The molecule has 9 heteroatoms. The van der Waals surface area contributed by atoms with E-state index in [0.29, 0.717) is 52.7 Å². The van der Waals surface area contributed by atoms with Gasteiger partial charge in [-0.1, -0.05) is 0 Å². The van der Waals surface area contributed by atoms with E-state index in [-0.39, 0.29) is 23.2 Å². The van der Waals surface area contributed by atoms with Gasteiger partial charge in [0.1, 0.15) is 5.82 Å². The number of non-ortho nitro benzene ring substituents is 1. The maximum atomic E-state index is 12.6. The summed E-state index contributed by atoms with van der Waals surface area (Å²) >= 11 is 0. The topological polar surface area (TPSA) is 151 Å². The molecule has 0 saturated carbocycles. The van der Waals surface area contributed by atoms with E-state index in [2.05, 4.69) is 15.0 Å². The van der Waals surface area contributed by atoms with Crippen LogP contribution >= 0.6 is 0 Å². The molecule has 1 aliphatic rings. The van der Waals surface area contributed by atoms with Crippen molar-refractivity contribution in [2.24, 2.45) is 0 Å². The van der Waals surface area contributed by atoms with E-state index in [1.165, 1.54) is 12.1 Å². The van der Waals surface area contributed by atoms with Gasteiger partial charge >= 0.3 is 0 Å². The number of hydrogen-bond acceptors (Lipinski definition) is 8. The summed E-state index contributed by atoms with van der Waals surface area (Å²) in [5.41, 5.74) is 14.3. The van der Waals surface area contributed by atoms with Crippen molar-refractivity contribution >= 4 is 34.3 Å². The zero-order valence-electron chi connectivity index (χ0n) is 13.6. The van der Waals surface area contributed by atoms with Gasteiger partial charge in [0.25, 0.3) is 5.69 Å². The van der Waals surface area contributed by atoms with E-state index in [1.54, 1.807) is 12.1 Å². The minimum Gasteiger partial charge on any atom is -0.383 e. The van der Waals surface area contributed by atoms with Crippen molar-refractivity contribution in [1.29, 1.82) is 0 Å². The number of nitrogen functional groups attached to an aromatic ring is 2. The number of pyridine rings is 1. The van der Waals surface area contributed by atoms with Crippen LogP contribution in [0.15, 0.2) is 24.3 Å². The first-order valence-corrected chi connectivity index (χ1v) is 7.99. The second-order valence-corrected chi connectivity index (χ2v) is 6.05. The third-order valence-electron chi connectivity index (χ3n) is 4.43. The quantitative estimate of drug-likeness (QED) is 0.527. The number of rotatable bonds is 2. The van der Waals surface area contributed by atoms with Crippen molar-refractivity contribution < 1.29 is 9.72 Å². The third kappa shape index (κ3) is 2.41. The van der Waals surface area contributed by atoms with E-state index in [0.717, 1.165) is 0 Å². The molecular formula is C17H14N6O3. The molecule has 2 heterocycles. The number of aryl methyl sites for hydroxylation is 1. The number of nitrogens with two attached hydrogens (primary N) is 2. The third-order valence-corrected chi connectivity index (χ3v) is 4.43. The normalized spacial score (nSPS) is 13.6. The molecule has 0 fully saturated rings. The molecule has 26 heavy (non-hydrogen) atoms. The Balaban J connectivity index is 2.09. The Labute approximate surface area is 147 Å². The SMILES string of the molecule is Nc1nc(N)c2c(-c3ccc([N+](=O)[O-])cc3)c3c(nc2n1)CCCC3=O. The van der Waals surface area contributed by atoms with Crippen LogP contribution in [0.2, 0.25) is 0 Å². The Bertz CT molecular complexity index is 1080. The molecule has 1 aromatic carbocycles. The molecule has 0 amide bonds. The van der Waals surface area contributed by atoms with Gasteiger partial charge in [0, 0.05) is 29.7 Å². The number of carbonyl (C=O) groups is 1. The molecule has 3 aromatic rings. The van der Waals surface area contributed by atoms with Crippen molar-refractivity contribution in [1.82, 2.24) is 15.0 Å². The first-order chi connectivity index (χ1) is 12.5. The number of aromatic nitrogens is 3. The van der Waals surface area contributed by atoms with Gasteiger partial charge in [-0.25, -0.2) is 4.98 Å². The van der Waals surface area contributed by atoms with Crippen LogP contribution in [0.25, 0.3) is 22.2 Å². The van der Waals surface area contributed by atoms with Gasteiger partial charge in [0.05, 0.1) is 16.0 Å². The van der Waals surface area contributed by atoms with Gasteiger partial charge in [-0.3, -0.25) is 14.9 Å². The highest BCUT2D eigenvalue weighted by molar-refractivity contribution is 6.13. The summed E-state index contributed by atoms with van der Waals surface area (Å²) < 4.78 is 0. The average Bonchev–Trinajstić information content (AvgIpc) is 2.60. The van der Waals surface area contributed by atoms with Crippen LogP contribution in [-0.2, 0) is 6.42 Å². The molecule has 0 saturated heterocycles. The fourth-order valence-corrected chi connectivity index (χ4v) is 3.32. The highest BCUT2D eigenvalue weighted by Crippen LogP contribution is 2.38. The minimum absolute atomic E-state index is 0.000708. The second kappa shape index (κ2) is 5.73. The number of nitro groups is 1. The summed E-state index contributed by atoms with van der Waals surface area (Å²) in [4.78, 5) is 35.7. The number of nitro benzene ring substituents is 1. The van der Waals surface area contributed by atoms with Gasteiger partial charge in [-0.05, 0) is 30.5 Å². The van der Waals surface area contributed by atoms with Crippen molar-refractivity contribution in [3.05, 3.63) is 45.6 Å². The van der Waals surface area contributed by atoms with E-state index >= 15 is 0 Å². The summed E-state index contributed by atoms with van der Waals surface area (Å²) in [6.45, 7) is 0.